The number of hydrogen-bond acceptors (Lipinski definition) is 5. The van der Waals surface area contributed by atoms with E-state index in [1.165, 1.54) is 0 Å². The summed E-state index contributed by atoms with van der Waals surface area (Å²) in [6.45, 7) is 23.5. The summed E-state index contributed by atoms with van der Waals surface area (Å²) in [5.41, 5.74) is -1.11. The zero-order valence-electron chi connectivity index (χ0n) is 13.1. The van der Waals surface area contributed by atoms with Crippen molar-refractivity contribution in [1.29, 1.82) is 0 Å². The first-order valence-corrected chi connectivity index (χ1v) is 5.61. The molecule has 0 aliphatic heterocycles. The Balaban J connectivity index is -0.0000000395. The molecule has 0 amide bonds. The number of aliphatic hydroxyl groups excluding tert-OH is 4. The van der Waals surface area contributed by atoms with Crippen LogP contribution in [0.2, 0.25) is 0 Å². The maximum atomic E-state index is 9.00. The summed E-state index contributed by atoms with van der Waals surface area (Å²) in [7, 11) is 0. The second kappa shape index (κ2) is 42.9. The Bertz CT molecular complexity index is 151. The van der Waals surface area contributed by atoms with Gasteiger partial charge in [-0.15, -0.1) is 52.6 Å². The van der Waals surface area contributed by atoms with E-state index in [1.54, 1.807) is 0 Å². The smallest absolute Gasteiger partial charge is 0.300 e. The molecule has 0 aromatic rings. The van der Waals surface area contributed by atoms with E-state index in [4.69, 9.17) is 30.3 Å². The summed E-state index contributed by atoms with van der Waals surface area (Å²) < 4.78 is 0. The summed E-state index contributed by atoms with van der Waals surface area (Å²) >= 11 is 0. The SMILES string of the molecule is C=C.C=C.C=C.C=C.CC(=O)O.OCC(CO)(CO)CO. The van der Waals surface area contributed by atoms with Crippen molar-refractivity contribution >= 4 is 5.97 Å². The van der Waals surface area contributed by atoms with Crippen LogP contribution in [0.5, 0.6) is 0 Å². The van der Waals surface area contributed by atoms with Gasteiger partial charge in [0.25, 0.3) is 5.97 Å². The van der Waals surface area contributed by atoms with E-state index >= 15 is 0 Å². The highest BCUT2D eigenvalue weighted by atomic mass is 16.4. The molecule has 5 N–H and O–H groups in total. The first-order valence-electron chi connectivity index (χ1n) is 5.61. The average molecular weight is 308 g/mol. The Labute approximate surface area is 128 Å². The Morgan fingerprint density at radius 2 is 0.810 bits per heavy atom. The van der Waals surface area contributed by atoms with Gasteiger partial charge in [-0.3, -0.25) is 4.79 Å². The van der Waals surface area contributed by atoms with Crippen molar-refractivity contribution in [2.45, 2.75) is 6.92 Å². The average Bonchev–Trinajstić information content (AvgIpc) is 2.57. The molecule has 128 valence electrons. The van der Waals surface area contributed by atoms with E-state index in [0.29, 0.717) is 0 Å². The van der Waals surface area contributed by atoms with Crippen LogP contribution in [0, 0.1) is 5.41 Å². The Kier molecular flexibility index (Phi) is 74.6. The second-order valence-corrected chi connectivity index (χ2v) is 2.65. The minimum absolute atomic E-state index is 0.406. The molecule has 0 atom stereocenters. The lowest BCUT2D eigenvalue weighted by Gasteiger charge is -2.23. The van der Waals surface area contributed by atoms with Gasteiger partial charge < -0.3 is 25.5 Å². The number of rotatable bonds is 4. The van der Waals surface area contributed by atoms with Crippen LogP contribution in [0.15, 0.2) is 52.6 Å². The Morgan fingerprint density at radius 1 is 0.714 bits per heavy atom. The monoisotopic (exact) mass is 308 g/mol. The van der Waals surface area contributed by atoms with Gasteiger partial charge in [-0.2, -0.15) is 0 Å². The molecule has 0 spiro atoms. The van der Waals surface area contributed by atoms with Gasteiger partial charge in [0.05, 0.1) is 31.8 Å². The van der Waals surface area contributed by atoms with Gasteiger partial charge in [0.15, 0.2) is 0 Å². The van der Waals surface area contributed by atoms with E-state index in [2.05, 4.69) is 52.6 Å². The summed E-state index contributed by atoms with van der Waals surface area (Å²) in [5.74, 6) is -0.833. The predicted molar refractivity (Wildman–Crippen MR) is 89.1 cm³/mol. The summed E-state index contributed by atoms with van der Waals surface area (Å²) in [6.07, 6.45) is 0. The standard InChI is InChI=1S/C5H12O4.C2H4O2.4C2H4/c6-1-5(2-7,3-8)4-9;1-2(3)4;4*1-2/h6-9H,1-4H2;1H3,(H,3,4);4*1-2H2. The zero-order valence-corrected chi connectivity index (χ0v) is 13.1. The summed E-state index contributed by atoms with van der Waals surface area (Å²) in [4.78, 5) is 9.00. The Hall–Kier alpha value is -1.73. The van der Waals surface area contributed by atoms with E-state index in [-0.39, 0.29) is 0 Å². The molecule has 6 nitrogen and oxygen atoms in total. The zero-order chi connectivity index (χ0) is 18.9. The van der Waals surface area contributed by atoms with Crippen LogP contribution >= 0.6 is 0 Å². The van der Waals surface area contributed by atoms with Crippen LogP contribution in [-0.2, 0) is 4.79 Å². The normalized spacial score (nSPS) is 7.10. The van der Waals surface area contributed by atoms with Gasteiger partial charge in [-0.25, -0.2) is 0 Å². The number of hydrogen-bond donors (Lipinski definition) is 5. The molecule has 0 aliphatic rings. The van der Waals surface area contributed by atoms with Crippen LogP contribution in [0.3, 0.4) is 0 Å². The molecular weight excluding hydrogens is 276 g/mol. The van der Waals surface area contributed by atoms with Gasteiger partial charge in [0.1, 0.15) is 0 Å². The number of carbonyl (C=O) groups is 1. The molecule has 0 aromatic heterocycles. The molecule has 6 heteroatoms. The number of aliphatic carboxylic acids is 1. The van der Waals surface area contributed by atoms with Gasteiger partial charge in [0, 0.05) is 6.92 Å². The van der Waals surface area contributed by atoms with Crippen LogP contribution < -0.4 is 0 Å². The number of carboxylic acid groups (broad SMARTS) is 1. The minimum atomic E-state index is -1.11. The summed E-state index contributed by atoms with van der Waals surface area (Å²) in [5, 5.41) is 41.4. The second-order valence-electron chi connectivity index (χ2n) is 2.65. The first-order chi connectivity index (χ1) is 9.97. The highest BCUT2D eigenvalue weighted by Crippen LogP contribution is 2.11. The van der Waals surface area contributed by atoms with Crippen molar-refractivity contribution in [1.82, 2.24) is 0 Å². The van der Waals surface area contributed by atoms with Gasteiger partial charge in [-0.05, 0) is 0 Å². The molecule has 0 fully saturated rings. The third-order valence-corrected chi connectivity index (χ3v) is 1.34. The lowest BCUT2D eigenvalue weighted by atomic mass is 9.93. The molecule has 0 unspecified atom stereocenters. The molecule has 0 saturated carbocycles. The third kappa shape index (κ3) is 45.9. The molecular formula is C15H32O6. The van der Waals surface area contributed by atoms with E-state index in [9.17, 15) is 0 Å². The highest BCUT2D eigenvalue weighted by molar-refractivity contribution is 5.62. The van der Waals surface area contributed by atoms with Crippen molar-refractivity contribution < 1.29 is 30.3 Å². The molecule has 0 rings (SSSR count). The number of carboxylic acids is 1. The third-order valence-electron chi connectivity index (χ3n) is 1.34. The first kappa shape index (κ1) is 36.5. The quantitative estimate of drug-likeness (QED) is 0.499. The molecule has 0 saturated heterocycles. The molecule has 21 heavy (non-hydrogen) atoms. The van der Waals surface area contributed by atoms with E-state index < -0.39 is 37.8 Å². The fraction of sp³-hybridized carbons (Fsp3) is 0.400. The van der Waals surface area contributed by atoms with Crippen LogP contribution in [0.1, 0.15) is 6.92 Å². The van der Waals surface area contributed by atoms with Crippen molar-refractivity contribution in [3.63, 3.8) is 0 Å². The highest BCUT2D eigenvalue weighted by Gasteiger charge is 2.26. The molecule has 0 bridgehead atoms. The predicted octanol–water partition coefficient (Wildman–Crippen LogP) is 1.24. The van der Waals surface area contributed by atoms with Crippen LogP contribution in [0.4, 0.5) is 0 Å². The van der Waals surface area contributed by atoms with Crippen LogP contribution in [-0.4, -0.2) is 57.9 Å². The van der Waals surface area contributed by atoms with Crippen molar-refractivity contribution in [3.05, 3.63) is 52.6 Å². The van der Waals surface area contributed by atoms with Crippen LogP contribution in [0.25, 0.3) is 0 Å². The molecule has 0 radical (unpaired) electrons. The number of aliphatic hydroxyl groups is 4. The lowest BCUT2D eigenvalue weighted by Crippen LogP contribution is -2.37. The minimum Gasteiger partial charge on any atom is -0.481 e. The fourth-order valence-electron chi connectivity index (χ4n) is 0.300. The van der Waals surface area contributed by atoms with E-state index in [1.807, 2.05) is 0 Å². The van der Waals surface area contributed by atoms with Gasteiger partial charge >= 0.3 is 0 Å². The van der Waals surface area contributed by atoms with Crippen molar-refractivity contribution in [2.24, 2.45) is 5.41 Å². The largest absolute Gasteiger partial charge is 0.481 e. The molecule has 0 aliphatic carbocycles. The van der Waals surface area contributed by atoms with Crippen molar-refractivity contribution in [3.8, 4) is 0 Å². The fourth-order valence-corrected chi connectivity index (χ4v) is 0.300. The maximum Gasteiger partial charge on any atom is 0.300 e. The molecule has 0 heterocycles. The van der Waals surface area contributed by atoms with E-state index in [0.717, 1.165) is 6.92 Å². The molecule has 0 aromatic carbocycles. The Morgan fingerprint density at radius 3 is 0.810 bits per heavy atom. The van der Waals surface area contributed by atoms with Crippen molar-refractivity contribution in [2.75, 3.05) is 26.4 Å². The topological polar surface area (TPSA) is 118 Å². The summed E-state index contributed by atoms with van der Waals surface area (Å²) in [6, 6.07) is 0. The van der Waals surface area contributed by atoms with Gasteiger partial charge in [-0.1, -0.05) is 0 Å². The lowest BCUT2D eigenvalue weighted by molar-refractivity contribution is -0.134. The van der Waals surface area contributed by atoms with Gasteiger partial charge in [0.2, 0.25) is 0 Å². The maximum absolute atomic E-state index is 9.00.